The summed E-state index contributed by atoms with van der Waals surface area (Å²) in [6.45, 7) is 1.68. The molecule has 2 rings (SSSR count). The Morgan fingerprint density at radius 3 is 2.94 bits per heavy atom. The van der Waals surface area contributed by atoms with Gasteiger partial charge in [-0.15, -0.1) is 0 Å². The fourth-order valence-electron chi connectivity index (χ4n) is 2.29. The molecule has 1 aromatic rings. The first kappa shape index (κ1) is 13.8. The number of allylic oxidation sites excluding steroid dienone is 1. The van der Waals surface area contributed by atoms with Crippen LogP contribution in [0.1, 0.15) is 37.7 Å². The predicted molar refractivity (Wildman–Crippen MR) is 77.0 cm³/mol. The van der Waals surface area contributed by atoms with E-state index in [2.05, 4.69) is 27.3 Å². The third-order valence-electron chi connectivity index (χ3n) is 3.35. The van der Waals surface area contributed by atoms with Crippen molar-refractivity contribution < 1.29 is 4.39 Å². The fraction of sp³-hybridized carbons (Fsp3) is 0.467. The Morgan fingerprint density at radius 1 is 1.28 bits per heavy atom. The molecule has 1 aromatic carbocycles. The Labute approximate surface area is 117 Å². The zero-order valence-electron chi connectivity index (χ0n) is 10.5. The van der Waals surface area contributed by atoms with Gasteiger partial charge in [0.15, 0.2) is 0 Å². The van der Waals surface area contributed by atoms with Crippen molar-refractivity contribution in [2.45, 2.75) is 38.6 Å². The molecule has 98 valence electrons. The standard InChI is InChI=1S/C15H19BrFN/c16-15-13(7-4-8-14(15)17)11-18-10-9-12-5-2-1-3-6-12/h4-5,7-8,18H,1-3,6,9-11H2. The summed E-state index contributed by atoms with van der Waals surface area (Å²) >= 11 is 3.28. The summed E-state index contributed by atoms with van der Waals surface area (Å²) in [7, 11) is 0. The van der Waals surface area contributed by atoms with Gasteiger partial charge in [0, 0.05) is 6.54 Å². The molecule has 0 unspecified atom stereocenters. The molecule has 0 fully saturated rings. The lowest BCUT2D eigenvalue weighted by Gasteiger charge is -2.13. The van der Waals surface area contributed by atoms with Gasteiger partial charge in [0.05, 0.1) is 4.47 Å². The molecule has 0 atom stereocenters. The van der Waals surface area contributed by atoms with Crippen LogP contribution in [0.2, 0.25) is 0 Å². The minimum Gasteiger partial charge on any atom is -0.312 e. The average Bonchev–Trinajstić information content (AvgIpc) is 2.40. The van der Waals surface area contributed by atoms with Crippen molar-refractivity contribution in [1.82, 2.24) is 5.32 Å². The molecule has 0 radical (unpaired) electrons. The predicted octanol–water partition coefficient (Wildman–Crippen LogP) is 4.57. The Bertz CT molecular complexity index is 429. The summed E-state index contributed by atoms with van der Waals surface area (Å²) in [5, 5.41) is 3.38. The van der Waals surface area contributed by atoms with E-state index in [1.165, 1.54) is 31.7 Å². The maximum absolute atomic E-state index is 13.3. The number of rotatable bonds is 5. The summed E-state index contributed by atoms with van der Waals surface area (Å²) in [4.78, 5) is 0. The van der Waals surface area contributed by atoms with Gasteiger partial charge in [-0.3, -0.25) is 0 Å². The van der Waals surface area contributed by atoms with E-state index >= 15 is 0 Å². The Balaban J connectivity index is 1.75. The van der Waals surface area contributed by atoms with Gasteiger partial charge in [-0.05, 0) is 66.2 Å². The SMILES string of the molecule is Fc1cccc(CNCCC2=CCCCC2)c1Br. The van der Waals surface area contributed by atoms with Crippen LogP contribution in [0.15, 0.2) is 34.3 Å². The van der Waals surface area contributed by atoms with Gasteiger partial charge in [-0.25, -0.2) is 4.39 Å². The summed E-state index contributed by atoms with van der Waals surface area (Å²) < 4.78 is 13.9. The highest BCUT2D eigenvalue weighted by Crippen LogP contribution is 2.21. The van der Waals surface area contributed by atoms with Crippen LogP contribution < -0.4 is 5.32 Å². The van der Waals surface area contributed by atoms with E-state index in [9.17, 15) is 4.39 Å². The van der Waals surface area contributed by atoms with Crippen molar-refractivity contribution in [3.63, 3.8) is 0 Å². The molecule has 1 nitrogen and oxygen atoms in total. The van der Waals surface area contributed by atoms with Gasteiger partial charge in [0.25, 0.3) is 0 Å². The molecule has 1 N–H and O–H groups in total. The first-order chi connectivity index (χ1) is 8.77. The normalized spacial score (nSPS) is 15.6. The number of nitrogens with one attached hydrogen (secondary N) is 1. The minimum absolute atomic E-state index is 0.190. The lowest BCUT2D eigenvalue weighted by atomic mass is 9.97. The average molecular weight is 312 g/mol. The van der Waals surface area contributed by atoms with Crippen LogP contribution in [0.4, 0.5) is 4.39 Å². The van der Waals surface area contributed by atoms with Gasteiger partial charge >= 0.3 is 0 Å². The topological polar surface area (TPSA) is 12.0 Å². The van der Waals surface area contributed by atoms with E-state index in [0.29, 0.717) is 11.0 Å². The molecule has 0 saturated carbocycles. The molecule has 0 amide bonds. The van der Waals surface area contributed by atoms with Gasteiger partial charge in [0.2, 0.25) is 0 Å². The van der Waals surface area contributed by atoms with Crippen molar-refractivity contribution in [3.8, 4) is 0 Å². The molecular formula is C15H19BrFN. The summed E-state index contributed by atoms with van der Waals surface area (Å²) in [6, 6.07) is 5.17. The van der Waals surface area contributed by atoms with Crippen LogP contribution in [0, 0.1) is 5.82 Å². The van der Waals surface area contributed by atoms with Gasteiger partial charge in [-0.2, -0.15) is 0 Å². The molecule has 0 spiro atoms. The first-order valence-corrected chi connectivity index (χ1v) is 7.38. The van der Waals surface area contributed by atoms with E-state index in [-0.39, 0.29) is 5.82 Å². The van der Waals surface area contributed by atoms with E-state index in [0.717, 1.165) is 18.5 Å². The highest BCUT2D eigenvalue weighted by atomic mass is 79.9. The smallest absolute Gasteiger partial charge is 0.137 e. The zero-order chi connectivity index (χ0) is 12.8. The number of hydrogen-bond donors (Lipinski definition) is 1. The second-order valence-electron chi connectivity index (χ2n) is 4.75. The summed E-state index contributed by atoms with van der Waals surface area (Å²) in [6.07, 6.45) is 8.67. The number of benzene rings is 1. The maximum Gasteiger partial charge on any atom is 0.137 e. The van der Waals surface area contributed by atoms with Crippen molar-refractivity contribution in [2.24, 2.45) is 0 Å². The molecule has 0 saturated heterocycles. The van der Waals surface area contributed by atoms with Gasteiger partial charge in [-0.1, -0.05) is 23.8 Å². The molecule has 0 aromatic heterocycles. The van der Waals surface area contributed by atoms with Crippen molar-refractivity contribution in [3.05, 3.63) is 45.7 Å². The summed E-state index contributed by atoms with van der Waals surface area (Å²) in [5.41, 5.74) is 2.56. The van der Waals surface area contributed by atoms with E-state index in [1.807, 2.05) is 6.07 Å². The summed E-state index contributed by atoms with van der Waals surface area (Å²) in [5.74, 6) is -0.190. The quantitative estimate of drug-likeness (QED) is 0.620. The highest BCUT2D eigenvalue weighted by Gasteiger charge is 2.05. The van der Waals surface area contributed by atoms with Crippen LogP contribution in [0.5, 0.6) is 0 Å². The van der Waals surface area contributed by atoms with Crippen LogP contribution in [0.25, 0.3) is 0 Å². The minimum atomic E-state index is -0.190. The largest absolute Gasteiger partial charge is 0.312 e. The van der Waals surface area contributed by atoms with Crippen LogP contribution >= 0.6 is 15.9 Å². The second kappa shape index (κ2) is 7.05. The van der Waals surface area contributed by atoms with Gasteiger partial charge < -0.3 is 5.32 Å². The lowest BCUT2D eigenvalue weighted by Crippen LogP contribution is -2.16. The molecule has 1 aliphatic rings. The van der Waals surface area contributed by atoms with E-state index in [1.54, 1.807) is 11.6 Å². The highest BCUT2D eigenvalue weighted by molar-refractivity contribution is 9.10. The Morgan fingerprint density at radius 2 is 2.17 bits per heavy atom. The monoisotopic (exact) mass is 311 g/mol. The van der Waals surface area contributed by atoms with Crippen LogP contribution in [-0.2, 0) is 6.54 Å². The molecule has 0 bridgehead atoms. The van der Waals surface area contributed by atoms with Gasteiger partial charge in [0.1, 0.15) is 5.82 Å². The molecule has 0 heterocycles. The molecule has 18 heavy (non-hydrogen) atoms. The van der Waals surface area contributed by atoms with E-state index in [4.69, 9.17) is 0 Å². The zero-order valence-corrected chi connectivity index (χ0v) is 12.1. The molecule has 3 heteroatoms. The third-order valence-corrected chi connectivity index (χ3v) is 4.24. The van der Waals surface area contributed by atoms with E-state index < -0.39 is 0 Å². The fourth-order valence-corrected chi connectivity index (χ4v) is 2.69. The maximum atomic E-state index is 13.3. The second-order valence-corrected chi connectivity index (χ2v) is 5.54. The van der Waals surface area contributed by atoms with Crippen molar-refractivity contribution in [2.75, 3.05) is 6.54 Å². The van der Waals surface area contributed by atoms with Crippen LogP contribution in [-0.4, -0.2) is 6.54 Å². The first-order valence-electron chi connectivity index (χ1n) is 6.59. The Hall–Kier alpha value is -0.670. The molecule has 0 aliphatic heterocycles. The lowest BCUT2D eigenvalue weighted by molar-refractivity contribution is 0.607. The molecule has 1 aliphatic carbocycles. The Kier molecular flexibility index (Phi) is 5.39. The van der Waals surface area contributed by atoms with Crippen molar-refractivity contribution >= 4 is 15.9 Å². The number of hydrogen-bond acceptors (Lipinski definition) is 1. The third kappa shape index (κ3) is 3.92. The van der Waals surface area contributed by atoms with Crippen LogP contribution in [0.3, 0.4) is 0 Å². The number of halogens is 2. The molecular weight excluding hydrogens is 293 g/mol. The van der Waals surface area contributed by atoms with Crippen molar-refractivity contribution in [1.29, 1.82) is 0 Å².